The second-order valence-corrected chi connectivity index (χ2v) is 6.60. The van der Waals surface area contributed by atoms with Crippen molar-refractivity contribution in [2.45, 2.75) is 71.1 Å². The lowest BCUT2D eigenvalue weighted by Crippen LogP contribution is -2.51. The topological polar surface area (TPSA) is 53.1 Å². The standard InChI is InChI=1S/C15H26BrN3O/c1-4-11-14(16)12(19(5-2)18-11)10-13(17)15(3)8-6-7-9-20-15/h13H,4-10,17H2,1-3H3. The van der Waals surface area contributed by atoms with E-state index in [2.05, 4.69) is 46.5 Å². The second-order valence-electron chi connectivity index (χ2n) is 5.81. The zero-order valence-corrected chi connectivity index (χ0v) is 14.4. The Morgan fingerprint density at radius 3 is 2.75 bits per heavy atom. The van der Waals surface area contributed by atoms with Gasteiger partial charge in [0, 0.05) is 25.6 Å². The van der Waals surface area contributed by atoms with E-state index >= 15 is 0 Å². The summed E-state index contributed by atoms with van der Waals surface area (Å²) >= 11 is 3.69. The zero-order valence-electron chi connectivity index (χ0n) is 12.8. The van der Waals surface area contributed by atoms with Crippen LogP contribution in [0.1, 0.15) is 51.4 Å². The summed E-state index contributed by atoms with van der Waals surface area (Å²) in [6.45, 7) is 8.10. The predicted octanol–water partition coefficient (Wildman–Crippen LogP) is 3.06. The predicted molar refractivity (Wildman–Crippen MR) is 84.9 cm³/mol. The van der Waals surface area contributed by atoms with Gasteiger partial charge in [0.15, 0.2) is 0 Å². The van der Waals surface area contributed by atoms with Crippen LogP contribution in [0.15, 0.2) is 4.47 Å². The normalized spacial score (nSPS) is 24.9. The minimum absolute atomic E-state index is 0.00538. The van der Waals surface area contributed by atoms with Crippen LogP contribution >= 0.6 is 15.9 Å². The summed E-state index contributed by atoms with van der Waals surface area (Å²) in [5.74, 6) is 0. The molecule has 0 amide bonds. The third-order valence-corrected chi connectivity index (χ3v) is 5.31. The summed E-state index contributed by atoms with van der Waals surface area (Å²) in [5.41, 5.74) is 8.59. The summed E-state index contributed by atoms with van der Waals surface area (Å²) < 4.78 is 9.16. The molecule has 114 valence electrons. The molecule has 0 saturated carbocycles. The largest absolute Gasteiger partial charge is 0.374 e. The van der Waals surface area contributed by atoms with Gasteiger partial charge in [0.25, 0.3) is 0 Å². The smallest absolute Gasteiger partial charge is 0.0808 e. The lowest BCUT2D eigenvalue weighted by Gasteiger charge is -2.38. The van der Waals surface area contributed by atoms with Gasteiger partial charge in [0.05, 0.1) is 21.5 Å². The molecule has 1 fully saturated rings. The van der Waals surface area contributed by atoms with Gasteiger partial charge in [0.1, 0.15) is 0 Å². The molecule has 1 aliphatic rings. The third-order valence-electron chi connectivity index (χ3n) is 4.39. The first-order valence-corrected chi connectivity index (χ1v) is 8.44. The first kappa shape index (κ1) is 16.0. The molecule has 0 radical (unpaired) electrons. The number of aryl methyl sites for hydroxylation is 2. The molecule has 0 spiro atoms. The highest BCUT2D eigenvalue weighted by Crippen LogP contribution is 2.31. The van der Waals surface area contributed by atoms with Crippen molar-refractivity contribution >= 4 is 15.9 Å². The van der Waals surface area contributed by atoms with Crippen LogP contribution in [-0.2, 0) is 24.1 Å². The van der Waals surface area contributed by atoms with Crippen LogP contribution in [0.4, 0.5) is 0 Å². The van der Waals surface area contributed by atoms with E-state index in [0.29, 0.717) is 0 Å². The van der Waals surface area contributed by atoms with Crippen molar-refractivity contribution in [2.75, 3.05) is 6.61 Å². The highest BCUT2D eigenvalue weighted by atomic mass is 79.9. The van der Waals surface area contributed by atoms with E-state index in [1.54, 1.807) is 0 Å². The molecule has 2 rings (SSSR count). The van der Waals surface area contributed by atoms with Gasteiger partial charge in [-0.15, -0.1) is 0 Å². The monoisotopic (exact) mass is 343 g/mol. The van der Waals surface area contributed by atoms with Crippen molar-refractivity contribution < 1.29 is 4.74 Å². The van der Waals surface area contributed by atoms with Crippen molar-refractivity contribution in [1.82, 2.24) is 9.78 Å². The fourth-order valence-electron chi connectivity index (χ4n) is 2.88. The lowest BCUT2D eigenvalue weighted by atomic mass is 9.86. The SMILES string of the molecule is CCc1nn(CC)c(CC(N)C2(C)CCCCO2)c1Br. The summed E-state index contributed by atoms with van der Waals surface area (Å²) in [7, 11) is 0. The minimum Gasteiger partial charge on any atom is -0.374 e. The van der Waals surface area contributed by atoms with Gasteiger partial charge in [-0.1, -0.05) is 6.92 Å². The Morgan fingerprint density at radius 2 is 2.20 bits per heavy atom. The average molecular weight is 344 g/mol. The van der Waals surface area contributed by atoms with Crippen molar-refractivity contribution in [3.8, 4) is 0 Å². The molecule has 1 aromatic heterocycles. The summed E-state index contributed by atoms with van der Waals surface area (Å²) in [4.78, 5) is 0. The molecule has 0 aromatic carbocycles. The number of hydrogen-bond donors (Lipinski definition) is 1. The van der Waals surface area contributed by atoms with E-state index in [9.17, 15) is 0 Å². The van der Waals surface area contributed by atoms with Crippen molar-refractivity contribution in [3.63, 3.8) is 0 Å². The lowest BCUT2D eigenvalue weighted by molar-refractivity contribution is -0.0811. The highest BCUT2D eigenvalue weighted by Gasteiger charge is 2.35. The molecule has 20 heavy (non-hydrogen) atoms. The molecule has 2 unspecified atom stereocenters. The first-order valence-electron chi connectivity index (χ1n) is 7.65. The van der Waals surface area contributed by atoms with Crippen LogP contribution in [0.2, 0.25) is 0 Å². The van der Waals surface area contributed by atoms with E-state index in [1.165, 1.54) is 12.1 Å². The average Bonchev–Trinajstić information content (AvgIpc) is 2.76. The van der Waals surface area contributed by atoms with Crippen molar-refractivity contribution in [2.24, 2.45) is 5.73 Å². The molecule has 1 aliphatic heterocycles. The summed E-state index contributed by atoms with van der Waals surface area (Å²) in [6.07, 6.45) is 5.14. The summed E-state index contributed by atoms with van der Waals surface area (Å²) in [5, 5.41) is 4.64. The number of hydrogen-bond acceptors (Lipinski definition) is 3. The van der Waals surface area contributed by atoms with E-state index in [-0.39, 0.29) is 11.6 Å². The van der Waals surface area contributed by atoms with Gasteiger partial charge in [-0.2, -0.15) is 5.10 Å². The van der Waals surface area contributed by atoms with Crippen LogP contribution in [0.5, 0.6) is 0 Å². The molecule has 0 aliphatic carbocycles. The molecule has 4 nitrogen and oxygen atoms in total. The fourth-order valence-corrected chi connectivity index (χ4v) is 3.61. The van der Waals surface area contributed by atoms with Gasteiger partial charge >= 0.3 is 0 Å². The van der Waals surface area contributed by atoms with Crippen LogP contribution < -0.4 is 5.73 Å². The molecular formula is C15H26BrN3O. The maximum absolute atomic E-state index is 6.47. The molecule has 0 bridgehead atoms. The number of aromatic nitrogens is 2. The van der Waals surface area contributed by atoms with E-state index in [4.69, 9.17) is 10.5 Å². The Labute approximate surface area is 130 Å². The number of halogens is 1. The maximum Gasteiger partial charge on any atom is 0.0808 e. The molecule has 5 heteroatoms. The van der Waals surface area contributed by atoms with Gasteiger partial charge in [-0.05, 0) is 55.5 Å². The highest BCUT2D eigenvalue weighted by molar-refractivity contribution is 9.10. The Balaban J connectivity index is 2.18. The molecule has 2 atom stereocenters. The van der Waals surface area contributed by atoms with Crippen LogP contribution in [0.3, 0.4) is 0 Å². The Hall–Kier alpha value is -0.390. The first-order chi connectivity index (χ1) is 9.51. The molecular weight excluding hydrogens is 318 g/mol. The van der Waals surface area contributed by atoms with Crippen molar-refractivity contribution in [3.05, 3.63) is 15.9 Å². The Bertz CT molecular complexity index is 452. The quantitative estimate of drug-likeness (QED) is 0.893. The maximum atomic E-state index is 6.47. The van der Waals surface area contributed by atoms with Gasteiger partial charge in [0.2, 0.25) is 0 Å². The number of ether oxygens (including phenoxy) is 1. The number of rotatable bonds is 5. The minimum atomic E-state index is -0.201. The fraction of sp³-hybridized carbons (Fsp3) is 0.800. The number of nitrogens with zero attached hydrogens (tertiary/aromatic N) is 2. The summed E-state index contributed by atoms with van der Waals surface area (Å²) in [6, 6.07) is 0.00538. The van der Waals surface area contributed by atoms with Crippen LogP contribution in [-0.4, -0.2) is 28.0 Å². The third kappa shape index (κ3) is 3.10. The number of nitrogens with two attached hydrogens (primary N) is 1. The van der Waals surface area contributed by atoms with Crippen LogP contribution in [0, 0.1) is 0 Å². The molecule has 1 aromatic rings. The second kappa shape index (κ2) is 6.58. The van der Waals surface area contributed by atoms with Gasteiger partial charge in [-0.25, -0.2) is 0 Å². The van der Waals surface area contributed by atoms with Gasteiger partial charge in [-0.3, -0.25) is 4.68 Å². The van der Waals surface area contributed by atoms with E-state index in [1.807, 2.05) is 0 Å². The molecule has 2 N–H and O–H groups in total. The molecule has 2 heterocycles. The van der Waals surface area contributed by atoms with Crippen LogP contribution in [0.25, 0.3) is 0 Å². The Morgan fingerprint density at radius 1 is 1.45 bits per heavy atom. The van der Waals surface area contributed by atoms with E-state index < -0.39 is 0 Å². The van der Waals surface area contributed by atoms with Gasteiger partial charge < -0.3 is 10.5 Å². The Kier molecular flexibility index (Phi) is 5.26. The molecule has 1 saturated heterocycles. The van der Waals surface area contributed by atoms with E-state index in [0.717, 1.165) is 49.0 Å². The zero-order chi connectivity index (χ0) is 14.8. The van der Waals surface area contributed by atoms with Crippen molar-refractivity contribution in [1.29, 1.82) is 0 Å².